The van der Waals surface area contributed by atoms with Gasteiger partial charge < -0.3 is 14.0 Å². The second-order valence-electron chi connectivity index (χ2n) is 10.3. The molecule has 0 N–H and O–H groups in total. The van der Waals surface area contributed by atoms with Crippen LogP contribution in [0.5, 0.6) is 17.4 Å². The van der Waals surface area contributed by atoms with Crippen LogP contribution in [-0.2, 0) is 21.1 Å². The van der Waals surface area contributed by atoms with Gasteiger partial charge in [0.05, 0.1) is 7.11 Å². The molecule has 0 spiro atoms. The van der Waals surface area contributed by atoms with E-state index in [4.69, 9.17) is 14.5 Å². The molecule has 0 amide bonds. The second kappa shape index (κ2) is 11.9. The van der Waals surface area contributed by atoms with E-state index < -0.39 is 0 Å². The fraction of sp³-hybridized carbons (Fsp3) is 0.200. The van der Waals surface area contributed by atoms with Crippen LogP contribution in [0.1, 0.15) is 43.6 Å². The van der Waals surface area contributed by atoms with Crippen molar-refractivity contribution in [1.82, 2.24) is 14.5 Å². The van der Waals surface area contributed by atoms with Crippen molar-refractivity contribution in [3.63, 3.8) is 0 Å². The largest absolute Gasteiger partial charge is 2.00 e. The predicted octanol–water partition coefficient (Wildman–Crippen LogP) is 8.69. The van der Waals surface area contributed by atoms with Crippen molar-refractivity contribution in [2.75, 3.05) is 7.11 Å². The maximum Gasteiger partial charge on any atom is 2.00 e. The van der Waals surface area contributed by atoms with Crippen LogP contribution in [0.2, 0.25) is 0 Å². The molecule has 1 aliphatic carbocycles. The number of aromatic nitrogens is 3. The van der Waals surface area contributed by atoms with Gasteiger partial charge in [0.25, 0.3) is 0 Å². The molecule has 6 aromatic rings. The van der Waals surface area contributed by atoms with Crippen molar-refractivity contribution in [1.29, 1.82) is 0 Å². The first-order valence-electron chi connectivity index (χ1n) is 13.9. The number of para-hydroxylation sites is 1. The fourth-order valence-corrected chi connectivity index (χ4v) is 5.89. The number of ether oxygens (including phenoxy) is 2. The van der Waals surface area contributed by atoms with Gasteiger partial charge in [-0.3, -0.25) is 0 Å². The van der Waals surface area contributed by atoms with Gasteiger partial charge >= 0.3 is 21.1 Å². The van der Waals surface area contributed by atoms with Gasteiger partial charge in [-0.2, -0.15) is 24.3 Å². The zero-order valence-corrected chi connectivity index (χ0v) is 25.0. The van der Waals surface area contributed by atoms with Crippen molar-refractivity contribution < 1.29 is 30.5 Å². The van der Waals surface area contributed by atoms with E-state index in [0.29, 0.717) is 23.3 Å². The van der Waals surface area contributed by atoms with Crippen molar-refractivity contribution in [3.05, 3.63) is 109 Å². The monoisotopic (exact) mass is 718 g/mol. The van der Waals surface area contributed by atoms with E-state index in [9.17, 15) is 0 Å². The van der Waals surface area contributed by atoms with Crippen LogP contribution in [0.4, 0.5) is 0 Å². The number of methoxy groups -OCH3 is 1. The minimum Gasteiger partial charge on any atom is -0.497 e. The van der Waals surface area contributed by atoms with Crippen LogP contribution in [0.25, 0.3) is 38.8 Å². The van der Waals surface area contributed by atoms with E-state index in [2.05, 4.69) is 70.2 Å². The van der Waals surface area contributed by atoms with Crippen LogP contribution >= 0.6 is 0 Å². The molecule has 3 heterocycles. The molecule has 0 radical (unpaired) electrons. The van der Waals surface area contributed by atoms with Gasteiger partial charge in [0.1, 0.15) is 11.6 Å². The molecule has 7 rings (SSSR count). The molecule has 1 saturated carbocycles. The normalized spacial score (nSPS) is 13.7. The summed E-state index contributed by atoms with van der Waals surface area (Å²) < 4.78 is 13.6. The van der Waals surface area contributed by atoms with E-state index in [1.54, 1.807) is 25.4 Å². The van der Waals surface area contributed by atoms with E-state index in [1.807, 2.05) is 24.4 Å². The molecular formula is C35H29N3O2Pt. The Morgan fingerprint density at radius 3 is 2.49 bits per heavy atom. The van der Waals surface area contributed by atoms with Crippen LogP contribution < -0.4 is 9.47 Å². The summed E-state index contributed by atoms with van der Waals surface area (Å²) in [6, 6.07) is 33.8. The van der Waals surface area contributed by atoms with Crippen molar-refractivity contribution in [2.45, 2.75) is 38.0 Å². The van der Waals surface area contributed by atoms with Crippen LogP contribution in [-0.4, -0.2) is 21.6 Å². The first-order chi connectivity index (χ1) is 19.8. The average molecular weight is 719 g/mol. The molecule has 5 nitrogen and oxygen atoms in total. The van der Waals surface area contributed by atoms with E-state index in [0.717, 1.165) is 33.4 Å². The molecule has 0 saturated heterocycles. The van der Waals surface area contributed by atoms with E-state index >= 15 is 0 Å². The number of rotatable bonds is 6. The van der Waals surface area contributed by atoms with Crippen molar-refractivity contribution in [3.8, 4) is 34.3 Å². The summed E-state index contributed by atoms with van der Waals surface area (Å²) in [5.41, 5.74) is 5.34. The fourth-order valence-electron chi connectivity index (χ4n) is 5.89. The van der Waals surface area contributed by atoms with Gasteiger partial charge in [0.15, 0.2) is 0 Å². The van der Waals surface area contributed by atoms with Crippen molar-refractivity contribution in [2.24, 2.45) is 0 Å². The Balaban J connectivity index is 0.00000302. The molecule has 41 heavy (non-hydrogen) atoms. The maximum atomic E-state index is 6.01. The molecular weight excluding hydrogens is 689 g/mol. The third-order valence-corrected chi connectivity index (χ3v) is 7.87. The molecule has 1 fully saturated rings. The zero-order chi connectivity index (χ0) is 26.9. The average Bonchev–Trinajstić information content (AvgIpc) is 3.35. The molecule has 0 bridgehead atoms. The summed E-state index contributed by atoms with van der Waals surface area (Å²) in [4.78, 5) is 9.15. The molecule has 0 atom stereocenters. The number of benzene rings is 3. The molecule has 1 aliphatic rings. The summed E-state index contributed by atoms with van der Waals surface area (Å²) >= 11 is 0. The third-order valence-electron chi connectivity index (χ3n) is 7.87. The topological polar surface area (TPSA) is 49.2 Å². The predicted molar refractivity (Wildman–Crippen MR) is 158 cm³/mol. The Morgan fingerprint density at radius 2 is 1.61 bits per heavy atom. The second-order valence-corrected chi connectivity index (χ2v) is 10.3. The number of nitrogens with zero attached hydrogens (tertiary/aromatic N) is 3. The van der Waals surface area contributed by atoms with E-state index in [-0.39, 0.29) is 21.1 Å². The van der Waals surface area contributed by atoms with Gasteiger partial charge in [-0.25, -0.2) is 21.1 Å². The molecule has 3 aromatic carbocycles. The summed E-state index contributed by atoms with van der Waals surface area (Å²) in [7, 11) is 1.62. The van der Waals surface area contributed by atoms with Crippen LogP contribution in [0.15, 0.2) is 91.3 Å². The van der Waals surface area contributed by atoms with Gasteiger partial charge in [-0.1, -0.05) is 42.8 Å². The Kier molecular flexibility index (Phi) is 7.89. The smallest absolute Gasteiger partial charge is 0.497 e. The van der Waals surface area contributed by atoms with Gasteiger partial charge in [0.2, 0.25) is 5.88 Å². The standard InChI is InChI=1S/C35H29N3O2.Pt/c1-39-28-17-19-37-35(23-28)40-29-11-7-10-25(20-29)26-14-15-31-30-12-5-6-13-32(30)38(33(31)21-26)34-22-27(16-18-36-34)24-8-3-2-4-9-24;/h5-7,10-19,22-24H,2-4,8-9H2,1H3;/q-2;+2. The molecule has 3 aromatic heterocycles. The molecule has 206 valence electrons. The minimum atomic E-state index is 0. The Bertz CT molecular complexity index is 1820. The quantitative estimate of drug-likeness (QED) is 0.162. The van der Waals surface area contributed by atoms with Gasteiger partial charge in [0, 0.05) is 29.7 Å². The molecule has 6 heteroatoms. The first-order valence-corrected chi connectivity index (χ1v) is 13.9. The first kappa shape index (κ1) is 27.2. The number of hydrogen-bond donors (Lipinski definition) is 0. The van der Waals surface area contributed by atoms with Crippen LogP contribution in [0, 0.1) is 12.1 Å². The zero-order valence-electron chi connectivity index (χ0n) is 22.7. The number of pyridine rings is 2. The molecule has 0 aliphatic heterocycles. The summed E-state index contributed by atoms with van der Waals surface area (Å²) in [6.45, 7) is 0. The Hall–Kier alpha value is -3.95. The van der Waals surface area contributed by atoms with Crippen molar-refractivity contribution >= 4 is 21.8 Å². The van der Waals surface area contributed by atoms with Gasteiger partial charge in [-0.15, -0.1) is 18.2 Å². The SMILES string of the molecule is COc1ccnc(Oc2[c-]c(-c3[c-]c4c(cc3)c3ccccc3n4-c3cc(C4CCCCC4)ccn3)ccc2)c1.[Pt+2]. The maximum absolute atomic E-state index is 6.01. The summed E-state index contributed by atoms with van der Waals surface area (Å²) in [5.74, 6) is 3.27. The number of hydrogen-bond acceptors (Lipinski definition) is 4. The number of fused-ring (bicyclic) bond motifs is 3. The van der Waals surface area contributed by atoms with E-state index in [1.165, 1.54) is 43.1 Å². The Morgan fingerprint density at radius 1 is 0.780 bits per heavy atom. The van der Waals surface area contributed by atoms with Gasteiger partial charge in [-0.05, 0) is 59.5 Å². The van der Waals surface area contributed by atoms with Crippen LogP contribution in [0.3, 0.4) is 0 Å². The summed E-state index contributed by atoms with van der Waals surface area (Å²) in [6.07, 6.45) is 10.1. The third kappa shape index (κ3) is 5.39. The summed E-state index contributed by atoms with van der Waals surface area (Å²) in [5, 5.41) is 2.34. The Labute approximate surface area is 254 Å². The minimum absolute atomic E-state index is 0. The molecule has 0 unspecified atom stereocenters.